The topological polar surface area (TPSA) is 164 Å². The van der Waals surface area contributed by atoms with Crippen molar-refractivity contribution in [3.63, 3.8) is 0 Å². The van der Waals surface area contributed by atoms with Gasteiger partial charge in [0.1, 0.15) is 11.2 Å². The van der Waals surface area contributed by atoms with Crippen LogP contribution < -0.4 is 40.7 Å². The zero-order chi connectivity index (χ0) is 27.4. The third-order valence-electron chi connectivity index (χ3n) is 6.44. The van der Waals surface area contributed by atoms with E-state index in [-0.39, 0.29) is 53.0 Å². The smallest absolute Gasteiger partial charge is 0.260 e. The molecule has 3 heterocycles. The Morgan fingerprint density at radius 3 is 2.08 bits per heavy atom. The summed E-state index contributed by atoms with van der Waals surface area (Å²) in [5.74, 6) is 0.966. The molecule has 12 heteroatoms. The van der Waals surface area contributed by atoms with Gasteiger partial charge in [0.05, 0.1) is 16.8 Å². The van der Waals surface area contributed by atoms with Crippen LogP contribution in [0.5, 0.6) is 23.0 Å². The lowest BCUT2D eigenvalue weighted by Gasteiger charge is -2.15. The summed E-state index contributed by atoms with van der Waals surface area (Å²) in [5.41, 5.74) is 6.45. The minimum absolute atomic E-state index is 0.0196. The first-order valence-electron chi connectivity index (χ1n) is 12.0. The zero-order valence-corrected chi connectivity index (χ0v) is 20.5. The number of nitrogens with one attached hydrogen (secondary N) is 2. The van der Waals surface area contributed by atoms with Crippen LogP contribution in [-0.2, 0) is 0 Å². The number of ether oxygens (including phenoxy) is 4. The first-order chi connectivity index (χ1) is 19.4. The van der Waals surface area contributed by atoms with Crippen molar-refractivity contribution in [3.8, 4) is 34.5 Å². The standard InChI is InChI=1S/C28H18N4O8/c29-24-16(33)10-22-26(23(24)28(35)31-14-5-7-18-21(9-14)39-12-37-18)32-25-15(2-1-3-19(25)40-22)27(34)30-13-4-6-17-20(8-13)38-11-36-17/h1-10H,11-12,29H2,(H,30,34)(H,31,35). The van der Waals surface area contributed by atoms with Crippen molar-refractivity contribution in [2.24, 2.45) is 0 Å². The Bertz CT molecular complexity index is 1900. The van der Waals surface area contributed by atoms with Gasteiger partial charge < -0.3 is 39.7 Å². The summed E-state index contributed by atoms with van der Waals surface area (Å²) in [6.45, 7) is 0.180. The van der Waals surface area contributed by atoms with Gasteiger partial charge in [0, 0.05) is 29.6 Å². The van der Waals surface area contributed by atoms with Crippen molar-refractivity contribution in [3.05, 3.63) is 82.0 Å². The number of para-hydroxylation sites is 1. The molecule has 3 aromatic rings. The highest BCUT2D eigenvalue weighted by Gasteiger charge is 2.27. The number of carbonyl (C=O) groups is 2. The van der Waals surface area contributed by atoms with Gasteiger partial charge in [0.2, 0.25) is 19.0 Å². The van der Waals surface area contributed by atoms with Gasteiger partial charge in [-0.05, 0) is 36.4 Å². The predicted octanol–water partition coefficient (Wildman–Crippen LogP) is 3.84. The van der Waals surface area contributed by atoms with Gasteiger partial charge in [0.15, 0.2) is 34.3 Å². The largest absolute Gasteiger partial charge is 0.454 e. The highest BCUT2D eigenvalue weighted by atomic mass is 16.7. The van der Waals surface area contributed by atoms with Gasteiger partial charge >= 0.3 is 0 Å². The normalized spacial score (nSPS) is 13.0. The average molecular weight is 538 g/mol. The van der Waals surface area contributed by atoms with Crippen LogP contribution in [0.1, 0.15) is 20.7 Å². The maximum Gasteiger partial charge on any atom is 0.260 e. The molecule has 12 nitrogen and oxygen atoms in total. The Hall–Kier alpha value is -5.78. The molecule has 1 aliphatic carbocycles. The SMILES string of the molecule is Nc1c(C(=O)Nc2ccc3c(c2)OCO3)c2nc3c(C(=O)Nc4ccc5c(c4)OCO5)cccc3oc-2cc1=O. The number of rotatable bonds is 4. The van der Waals surface area contributed by atoms with Crippen molar-refractivity contribution in [1.29, 1.82) is 0 Å². The number of hydrogen-bond donors (Lipinski definition) is 3. The predicted molar refractivity (Wildman–Crippen MR) is 142 cm³/mol. The first kappa shape index (κ1) is 23.3. The molecular weight excluding hydrogens is 520 g/mol. The third-order valence-corrected chi connectivity index (χ3v) is 6.44. The Balaban J connectivity index is 1.29. The minimum Gasteiger partial charge on any atom is -0.454 e. The molecule has 4 N–H and O–H groups in total. The molecule has 198 valence electrons. The average Bonchev–Trinajstić information content (AvgIpc) is 3.61. The third kappa shape index (κ3) is 3.86. The summed E-state index contributed by atoms with van der Waals surface area (Å²) in [7, 11) is 0. The Morgan fingerprint density at radius 2 is 1.40 bits per heavy atom. The summed E-state index contributed by atoms with van der Waals surface area (Å²) in [5, 5.41) is 5.52. The maximum atomic E-state index is 13.4. The van der Waals surface area contributed by atoms with Crippen molar-refractivity contribution in [2.75, 3.05) is 30.0 Å². The zero-order valence-electron chi connectivity index (χ0n) is 20.5. The van der Waals surface area contributed by atoms with Crippen LogP contribution in [0.4, 0.5) is 17.1 Å². The van der Waals surface area contributed by atoms with E-state index in [4.69, 9.17) is 29.1 Å². The number of carbonyl (C=O) groups excluding carboxylic acids is 2. The molecule has 4 aliphatic rings. The number of fused-ring (bicyclic) bond motifs is 4. The number of benzene rings is 4. The van der Waals surface area contributed by atoms with E-state index in [1.54, 1.807) is 54.6 Å². The molecule has 0 radical (unpaired) electrons. The quantitative estimate of drug-likeness (QED) is 0.226. The number of nitrogens with zero attached hydrogens (tertiary/aromatic N) is 1. The van der Waals surface area contributed by atoms with Crippen LogP contribution in [-0.4, -0.2) is 30.4 Å². The van der Waals surface area contributed by atoms with Gasteiger partial charge in [-0.1, -0.05) is 6.07 Å². The molecule has 0 saturated heterocycles. The molecule has 0 bridgehead atoms. The molecule has 0 fully saturated rings. The second-order valence-corrected chi connectivity index (χ2v) is 8.92. The fourth-order valence-electron chi connectivity index (χ4n) is 4.53. The van der Waals surface area contributed by atoms with E-state index in [1.807, 2.05) is 0 Å². The number of hydrogen-bond acceptors (Lipinski definition) is 10. The van der Waals surface area contributed by atoms with Gasteiger partial charge in [-0.25, -0.2) is 4.98 Å². The molecule has 0 aromatic heterocycles. The highest BCUT2D eigenvalue weighted by Crippen LogP contribution is 2.36. The lowest BCUT2D eigenvalue weighted by molar-refractivity contribution is 0.102. The summed E-state index contributed by atoms with van der Waals surface area (Å²) < 4.78 is 27.3. The van der Waals surface area contributed by atoms with E-state index in [0.29, 0.717) is 34.4 Å². The minimum atomic E-state index is -0.691. The van der Waals surface area contributed by atoms with E-state index in [1.165, 1.54) is 0 Å². The van der Waals surface area contributed by atoms with Gasteiger partial charge in [-0.15, -0.1) is 0 Å². The molecule has 3 aliphatic heterocycles. The molecule has 0 unspecified atom stereocenters. The van der Waals surface area contributed by atoms with Crippen molar-refractivity contribution >= 4 is 40.0 Å². The van der Waals surface area contributed by atoms with E-state index >= 15 is 0 Å². The van der Waals surface area contributed by atoms with Gasteiger partial charge in [-0.3, -0.25) is 14.4 Å². The molecule has 3 aromatic carbocycles. The van der Waals surface area contributed by atoms with Gasteiger partial charge in [0.25, 0.3) is 11.8 Å². The Labute approximate surface area is 224 Å². The number of amides is 2. The number of anilines is 3. The van der Waals surface area contributed by atoms with Crippen molar-refractivity contribution in [1.82, 2.24) is 4.98 Å². The first-order valence-corrected chi connectivity index (χ1v) is 12.0. The Morgan fingerprint density at radius 1 is 0.775 bits per heavy atom. The highest BCUT2D eigenvalue weighted by molar-refractivity contribution is 6.14. The van der Waals surface area contributed by atoms with Crippen LogP contribution in [0, 0.1) is 0 Å². The lowest BCUT2D eigenvalue weighted by Crippen LogP contribution is -2.22. The lowest BCUT2D eigenvalue weighted by atomic mass is 10.0. The van der Waals surface area contributed by atoms with Crippen LogP contribution >= 0.6 is 0 Å². The van der Waals surface area contributed by atoms with Crippen LogP contribution in [0.25, 0.3) is 22.6 Å². The molecule has 0 atom stereocenters. The number of nitrogens with two attached hydrogens (primary N) is 1. The summed E-state index contributed by atoms with van der Waals surface area (Å²) in [6, 6.07) is 15.8. The fraction of sp³-hybridized carbons (Fsp3) is 0.0714. The molecular formula is C28H18N4O8. The van der Waals surface area contributed by atoms with E-state index in [0.717, 1.165) is 6.07 Å². The van der Waals surface area contributed by atoms with Crippen molar-refractivity contribution in [2.45, 2.75) is 0 Å². The molecule has 2 amide bonds. The summed E-state index contributed by atoms with van der Waals surface area (Å²) >= 11 is 0. The molecule has 0 spiro atoms. The molecule has 7 rings (SSSR count). The van der Waals surface area contributed by atoms with Gasteiger partial charge in [-0.2, -0.15) is 0 Å². The fourth-order valence-corrected chi connectivity index (χ4v) is 4.53. The Kier molecular flexibility index (Phi) is 5.20. The van der Waals surface area contributed by atoms with Crippen LogP contribution in [0.3, 0.4) is 0 Å². The van der Waals surface area contributed by atoms with E-state index in [2.05, 4.69) is 15.6 Å². The van der Waals surface area contributed by atoms with E-state index in [9.17, 15) is 14.4 Å². The van der Waals surface area contributed by atoms with Crippen molar-refractivity contribution < 1.29 is 33.0 Å². The summed E-state index contributed by atoms with van der Waals surface area (Å²) in [6.07, 6.45) is 0. The second kappa shape index (κ2) is 8.91. The second-order valence-electron chi connectivity index (χ2n) is 8.92. The molecule has 40 heavy (non-hydrogen) atoms. The van der Waals surface area contributed by atoms with E-state index < -0.39 is 17.2 Å². The maximum absolute atomic E-state index is 13.4. The van der Waals surface area contributed by atoms with Crippen LogP contribution in [0.15, 0.2) is 69.9 Å². The number of nitrogen functional groups attached to an aromatic ring is 1. The monoisotopic (exact) mass is 538 g/mol. The number of aromatic nitrogens is 1. The summed E-state index contributed by atoms with van der Waals surface area (Å²) in [4.78, 5) is 43.9. The molecule has 0 saturated carbocycles. The van der Waals surface area contributed by atoms with Crippen LogP contribution in [0.2, 0.25) is 0 Å².